The van der Waals surface area contributed by atoms with Crippen LogP contribution in [0.2, 0.25) is 0 Å². The number of nitrogens with zero attached hydrogens (tertiary/aromatic N) is 1. The molecular formula is C12H9BrN2OS. The molecule has 1 N–H and O–H groups in total. The lowest BCUT2D eigenvalue weighted by molar-refractivity contribution is 1.30. The number of rotatable bonds is 4. The van der Waals surface area contributed by atoms with E-state index in [0.29, 0.717) is 5.69 Å². The van der Waals surface area contributed by atoms with Gasteiger partial charge in [0, 0.05) is 14.3 Å². The Morgan fingerprint density at radius 1 is 0.941 bits per heavy atom. The van der Waals surface area contributed by atoms with E-state index in [1.807, 2.05) is 48.5 Å². The molecule has 0 aliphatic carbocycles. The van der Waals surface area contributed by atoms with Gasteiger partial charge in [0.05, 0.1) is 11.0 Å². The Morgan fingerprint density at radius 2 is 1.47 bits per heavy atom. The van der Waals surface area contributed by atoms with Crippen LogP contribution in [0.4, 0.5) is 5.69 Å². The zero-order chi connectivity index (χ0) is 12.1. The molecule has 86 valence electrons. The zero-order valence-corrected chi connectivity index (χ0v) is 11.2. The van der Waals surface area contributed by atoms with Crippen LogP contribution in [0.1, 0.15) is 0 Å². The fourth-order valence-corrected chi connectivity index (χ4v) is 2.37. The minimum atomic E-state index is 0.695. The van der Waals surface area contributed by atoms with Crippen molar-refractivity contribution in [1.82, 2.24) is 0 Å². The van der Waals surface area contributed by atoms with Crippen molar-refractivity contribution in [3.63, 3.8) is 0 Å². The first kappa shape index (κ1) is 12.1. The number of benzene rings is 2. The largest absolute Gasteiger partial charge is 0.242 e. The first-order chi connectivity index (χ1) is 8.28. The normalized spacial score (nSPS) is 9.94. The Bertz CT molecular complexity index is 499. The van der Waals surface area contributed by atoms with E-state index >= 15 is 0 Å². The van der Waals surface area contributed by atoms with Crippen LogP contribution in [-0.2, 0) is 0 Å². The van der Waals surface area contributed by atoms with Crippen molar-refractivity contribution in [1.29, 1.82) is 0 Å². The molecule has 0 fully saturated rings. The second kappa shape index (κ2) is 5.84. The van der Waals surface area contributed by atoms with E-state index in [9.17, 15) is 4.91 Å². The third-order valence-corrected chi connectivity index (χ3v) is 3.62. The van der Waals surface area contributed by atoms with Gasteiger partial charge >= 0.3 is 0 Å². The van der Waals surface area contributed by atoms with E-state index < -0.39 is 0 Å². The van der Waals surface area contributed by atoms with Crippen molar-refractivity contribution >= 4 is 33.4 Å². The topological polar surface area (TPSA) is 41.5 Å². The summed E-state index contributed by atoms with van der Waals surface area (Å²) >= 11 is 5.07. The predicted molar refractivity (Wildman–Crippen MR) is 74.1 cm³/mol. The van der Waals surface area contributed by atoms with Crippen LogP contribution in [0.15, 0.2) is 68.1 Å². The number of hydrogen-bond donors (Lipinski definition) is 1. The highest BCUT2D eigenvalue weighted by Crippen LogP contribution is 2.29. The van der Waals surface area contributed by atoms with Crippen LogP contribution in [-0.4, -0.2) is 0 Å². The highest BCUT2D eigenvalue weighted by atomic mass is 79.9. The van der Waals surface area contributed by atoms with Crippen LogP contribution in [0, 0.1) is 4.91 Å². The summed E-state index contributed by atoms with van der Waals surface area (Å²) in [7, 11) is 0. The van der Waals surface area contributed by atoms with E-state index in [0.717, 1.165) is 9.37 Å². The Labute approximate surface area is 112 Å². The molecule has 5 heteroatoms. The Morgan fingerprint density at radius 3 is 2.00 bits per heavy atom. The highest BCUT2D eigenvalue weighted by molar-refractivity contribution is 9.10. The van der Waals surface area contributed by atoms with Gasteiger partial charge in [0.25, 0.3) is 0 Å². The van der Waals surface area contributed by atoms with E-state index in [-0.39, 0.29) is 0 Å². The van der Waals surface area contributed by atoms with Gasteiger partial charge in [-0.15, -0.1) is 4.91 Å². The molecule has 0 atom stereocenters. The maximum atomic E-state index is 10.0. The lowest BCUT2D eigenvalue weighted by atomic mass is 10.3. The standard InChI is InChI=1S/C12H9BrN2OS/c13-9-1-5-11(6-2-9)17-12-7-3-10(4-8-12)14-15-16/h1-8H,(H,14,16). The monoisotopic (exact) mass is 308 g/mol. The Hall–Kier alpha value is -1.33. The Kier molecular flexibility index (Phi) is 4.17. The van der Waals surface area contributed by atoms with Crippen molar-refractivity contribution in [3.8, 4) is 0 Å². The fourth-order valence-electron chi connectivity index (χ4n) is 1.29. The molecule has 2 rings (SSSR count). The van der Waals surface area contributed by atoms with Crippen LogP contribution < -0.4 is 5.43 Å². The average molecular weight is 309 g/mol. The molecule has 0 unspecified atom stereocenters. The summed E-state index contributed by atoms with van der Waals surface area (Å²) < 4.78 is 1.07. The second-order valence-electron chi connectivity index (χ2n) is 3.28. The van der Waals surface area contributed by atoms with E-state index in [2.05, 4.69) is 26.6 Å². The van der Waals surface area contributed by atoms with Crippen LogP contribution in [0.3, 0.4) is 0 Å². The summed E-state index contributed by atoms with van der Waals surface area (Å²) in [6, 6.07) is 15.6. The fraction of sp³-hybridized carbons (Fsp3) is 0. The van der Waals surface area contributed by atoms with Gasteiger partial charge in [-0.25, -0.2) is 5.43 Å². The maximum Gasteiger partial charge on any atom is 0.0594 e. The summed E-state index contributed by atoms with van der Waals surface area (Å²) in [5, 5.41) is 2.62. The molecule has 0 saturated carbocycles. The number of nitroso groups, excluding NO2 is 1. The van der Waals surface area contributed by atoms with E-state index in [1.54, 1.807) is 11.8 Å². The summed E-state index contributed by atoms with van der Waals surface area (Å²) in [4.78, 5) is 12.3. The molecule has 0 aromatic heterocycles. The lowest BCUT2D eigenvalue weighted by Gasteiger charge is -2.03. The summed E-state index contributed by atoms with van der Waals surface area (Å²) in [5.41, 5.74) is 3.05. The lowest BCUT2D eigenvalue weighted by Crippen LogP contribution is -1.84. The molecule has 3 nitrogen and oxygen atoms in total. The van der Waals surface area contributed by atoms with Crippen LogP contribution >= 0.6 is 27.7 Å². The third-order valence-electron chi connectivity index (χ3n) is 2.08. The smallest absolute Gasteiger partial charge is 0.0594 e. The number of hydrogen-bond acceptors (Lipinski definition) is 3. The predicted octanol–water partition coefficient (Wildman–Crippen LogP) is 4.69. The van der Waals surface area contributed by atoms with Crippen molar-refractivity contribution in [3.05, 3.63) is 57.9 Å². The van der Waals surface area contributed by atoms with Crippen LogP contribution in [0.5, 0.6) is 0 Å². The number of anilines is 1. The molecule has 0 saturated heterocycles. The maximum absolute atomic E-state index is 10.0. The van der Waals surface area contributed by atoms with Crippen molar-refractivity contribution in [2.75, 3.05) is 5.43 Å². The van der Waals surface area contributed by atoms with Gasteiger partial charge in [-0.3, -0.25) is 0 Å². The molecular weight excluding hydrogens is 300 g/mol. The van der Waals surface area contributed by atoms with Gasteiger partial charge in [0.1, 0.15) is 0 Å². The third kappa shape index (κ3) is 3.57. The van der Waals surface area contributed by atoms with Gasteiger partial charge in [0.15, 0.2) is 0 Å². The van der Waals surface area contributed by atoms with E-state index in [1.165, 1.54) is 4.90 Å². The van der Waals surface area contributed by atoms with Crippen molar-refractivity contribution < 1.29 is 0 Å². The highest BCUT2D eigenvalue weighted by Gasteiger charge is 1.98. The number of nitrogens with one attached hydrogen (secondary N) is 1. The van der Waals surface area contributed by atoms with Gasteiger partial charge in [-0.05, 0) is 48.5 Å². The second-order valence-corrected chi connectivity index (χ2v) is 5.35. The van der Waals surface area contributed by atoms with Gasteiger partial charge in [-0.1, -0.05) is 27.7 Å². The molecule has 0 aliphatic rings. The first-order valence-corrected chi connectivity index (χ1v) is 6.51. The Balaban J connectivity index is 2.08. The molecule has 17 heavy (non-hydrogen) atoms. The minimum Gasteiger partial charge on any atom is -0.242 e. The SMILES string of the molecule is O=NNc1ccc(Sc2ccc(Br)cc2)cc1. The van der Waals surface area contributed by atoms with Crippen molar-refractivity contribution in [2.45, 2.75) is 9.79 Å². The van der Waals surface area contributed by atoms with Crippen molar-refractivity contribution in [2.24, 2.45) is 5.29 Å². The zero-order valence-electron chi connectivity index (χ0n) is 8.76. The molecule has 0 spiro atoms. The average Bonchev–Trinajstić information content (AvgIpc) is 2.35. The quantitative estimate of drug-likeness (QED) is 0.658. The van der Waals surface area contributed by atoms with Gasteiger partial charge in [-0.2, -0.15) is 0 Å². The minimum absolute atomic E-state index is 0.695. The summed E-state index contributed by atoms with van der Waals surface area (Å²) in [5.74, 6) is 0. The number of halogens is 1. The molecule has 0 amide bonds. The molecule has 0 aliphatic heterocycles. The molecule has 0 heterocycles. The molecule has 0 bridgehead atoms. The first-order valence-electron chi connectivity index (χ1n) is 4.90. The van der Waals surface area contributed by atoms with Gasteiger partial charge < -0.3 is 0 Å². The molecule has 2 aromatic rings. The summed E-state index contributed by atoms with van der Waals surface area (Å²) in [6.07, 6.45) is 0. The van der Waals surface area contributed by atoms with Crippen LogP contribution in [0.25, 0.3) is 0 Å². The molecule has 0 radical (unpaired) electrons. The summed E-state index contributed by atoms with van der Waals surface area (Å²) in [6.45, 7) is 0. The van der Waals surface area contributed by atoms with E-state index in [4.69, 9.17) is 0 Å². The van der Waals surface area contributed by atoms with Gasteiger partial charge in [0.2, 0.25) is 0 Å². The molecule has 2 aromatic carbocycles.